The van der Waals surface area contributed by atoms with E-state index in [9.17, 15) is 4.79 Å². The van der Waals surface area contributed by atoms with Crippen LogP contribution in [0.5, 0.6) is 5.75 Å². The molecule has 0 heterocycles. The molecule has 0 bridgehead atoms. The van der Waals surface area contributed by atoms with Gasteiger partial charge in [0.2, 0.25) is 0 Å². The molecule has 1 aromatic carbocycles. The number of halogens is 1. The van der Waals surface area contributed by atoms with Gasteiger partial charge in [-0.1, -0.05) is 18.5 Å². The summed E-state index contributed by atoms with van der Waals surface area (Å²) in [7, 11) is 1.58. The van der Waals surface area contributed by atoms with E-state index in [0.29, 0.717) is 10.8 Å². The standard InChI is InChI=1S/C11H13ClO3S/c1-7(5-11(13)14)16-10-6-8(12)3-4-9(10)15-2/h3-4,6-7H,5H2,1-2H3,(H,13,14). The zero-order chi connectivity index (χ0) is 12.1. The van der Waals surface area contributed by atoms with E-state index >= 15 is 0 Å². The van der Waals surface area contributed by atoms with Crippen LogP contribution in [0.15, 0.2) is 23.1 Å². The van der Waals surface area contributed by atoms with Gasteiger partial charge in [0.1, 0.15) is 5.75 Å². The summed E-state index contributed by atoms with van der Waals surface area (Å²) in [5.74, 6) is -0.0902. The summed E-state index contributed by atoms with van der Waals surface area (Å²) in [6.07, 6.45) is 0.111. The van der Waals surface area contributed by atoms with Crippen molar-refractivity contribution >= 4 is 29.3 Å². The number of methoxy groups -OCH3 is 1. The molecule has 1 rings (SSSR count). The Bertz CT molecular complexity index is 381. The van der Waals surface area contributed by atoms with Crippen molar-refractivity contribution in [1.29, 1.82) is 0 Å². The number of thioether (sulfide) groups is 1. The van der Waals surface area contributed by atoms with E-state index in [2.05, 4.69) is 0 Å². The molecule has 0 aliphatic rings. The molecule has 0 amide bonds. The first-order valence-corrected chi connectivity index (χ1v) is 6.00. The van der Waals surface area contributed by atoms with Crippen LogP contribution in [0.25, 0.3) is 0 Å². The lowest BCUT2D eigenvalue weighted by atomic mass is 10.3. The Balaban J connectivity index is 2.78. The second-order valence-corrected chi connectivity index (χ2v) is 5.24. The van der Waals surface area contributed by atoms with Gasteiger partial charge in [0.25, 0.3) is 0 Å². The van der Waals surface area contributed by atoms with E-state index in [-0.39, 0.29) is 11.7 Å². The van der Waals surface area contributed by atoms with E-state index in [4.69, 9.17) is 21.4 Å². The number of benzene rings is 1. The minimum absolute atomic E-state index is 0.0233. The van der Waals surface area contributed by atoms with Crippen molar-refractivity contribution in [3.8, 4) is 5.75 Å². The summed E-state index contributed by atoms with van der Waals surface area (Å²) in [6.45, 7) is 1.86. The van der Waals surface area contributed by atoms with Crippen LogP contribution in [0.3, 0.4) is 0 Å². The Morgan fingerprint density at radius 2 is 2.31 bits per heavy atom. The van der Waals surface area contributed by atoms with Crippen molar-refractivity contribution in [2.45, 2.75) is 23.5 Å². The maximum atomic E-state index is 10.6. The van der Waals surface area contributed by atoms with E-state index in [0.717, 1.165) is 4.90 Å². The molecule has 0 spiro atoms. The van der Waals surface area contributed by atoms with Crippen LogP contribution in [-0.4, -0.2) is 23.4 Å². The number of carbonyl (C=O) groups is 1. The van der Waals surface area contributed by atoms with Gasteiger partial charge in [-0.05, 0) is 18.2 Å². The first-order valence-electron chi connectivity index (χ1n) is 4.75. The highest BCUT2D eigenvalue weighted by molar-refractivity contribution is 8.00. The molecule has 3 nitrogen and oxygen atoms in total. The fraction of sp³-hybridized carbons (Fsp3) is 0.364. The zero-order valence-electron chi connectivity index (χ0n) is 9.07. The summed E-state index contributed by atoms with van der Waals surface area (Å²) in [5, 5.41) is 9.27. The van der Waals surface area contributed by atoms with Crippen LogP contribution in [0.4, 0.5) is 0 Å². The SMILES string of the molecule is COc1ccc(Cl)cc1SC(C)CC(=O)O. The molecule has 0 saturated carbocycles. The van der Waals surface area contributed by atoms with Crippen LogP contribution in [-0.2, 0) is 4.79 Å². The normalized spacial score (nSPS) is 12.2. The van der Waals surface area contributed by atoms with Gasteiger partial charge < -0.3 is 9.84 Å². The van der Waals surface area contributed by atoms with Crippen LogP contribution >= 0.6 is 23.4 Å². The number of hydrogen-bond donors (Lipinski definition) is 1. The molecule has 1 atom stereocenters. The number of aliphatic carboxylic acids is 1. The Labute approximate surface area is 104 Å². The Morgan fingerprint density at radius 1 is 1.62 bits per heavy atom. The number of ether oxygens (including phenoxy) is 1. The minimum Gasteiger partial charge on any atom is -0.496 e. The number of carboxylic acids is 1. The highest BCUT2D eigenvalue weighted by atomic mass is 35.5. The highest BCUT2D eigenvalue weighted by Crippen LogP contribution is 2.35. The van der Waals surface area contributed by atoms with Gasteiger partial charge >= 0.3 is 5.97 Å². The third kappa shape index (κ3) is 3.94. The molecule has 5 heteroatoms. The summed E-state index contributed by atoms with van der Waals surface area (Å²) in [6, 6.07) is 5.30. The smallest absolute Gasteiger partial charge is 0.304 e. The van der Waals surface area contributed by atoms with Crippen molar-refractivity contribution in [2.75, 3.05) is 7.11 Å². The third-order valence-corrected chi connectivity index (χ3v) is 3.29. The van der Waals surface area contributed by atoms with E-state index in [1.165, 1.54) is 11.8 Å². The Kier molecular flexibility index (Phi) is 4.96. The first-order chi connectivity index (χ1) is 7.52. The molecule has 1 unspecified atom stereocenters. The first kappa shape index (κ1) is 13.2. The molecular formula is C11H13ClO3S. The average molecular weight is 261 g/mol. The van der Waals surface area contributed by atoms with Crippen molar-refractivity contribution in [3.63, 3.8) is 0 Å². The summed E-state index contributed by atoms with van der Waals surface area (Å²) < 4.78 is 5.18. The van der Waals surface area contributed by atoms with E-state index < -0.39 is 5.97 Å². The molecular weight excluding hydrogens is 248 g/mol. The van der Waals surface area contributed by atoms with Gasteiger partial charge in [-0.15, -0.1) is 11.8 Å². The van der Waals surface area contributed by atoms with Crippen molar-refractivity contribution in [1.82, 2.24) is 0 Å². The summed E-state index contributed by atoms with van der Waals surface area (Å²) >= 11 is 7.32. The lowest BCUT2D eigenvalue weighted by Crippen LogP contribution is -2.05. The van der Waals surface area contributed by atoms with Gasteiger partial charge in [0.05, 0.1) is 18.4 Å². The van der Waals surface area contributed by atoms with E-state index in [1.807, 2.05) is 6.92 Å². The van der Waals surface area contributed by atoms with Gasteiger partial charge in [-0.25, -0.2) is 0 Å². The van der Waals surface area contributed by atoms with Gasteiger partial charge in [0.15, 0.2) is 0 Å². The Hall–Kier alpha value is -0.870. The van der Waals surface area contributed by atoms with Crippen LogP contribution in [0, 0.1) is 0 Å². The molecule has 1 aromatic rings. The second kappa shape index (κ2) is 6.01. The minimum atomic E-state index is -0.805. The van der Waals surface area contributed by atoms with Crippen LogP contribution in [0.2, 0.25) is 5.02 Å². The molecule has 0 saturated heterocycles. The fourth-order valence-electron chi connectivity index (χ4n) is 1.25. The average Bonchev–Trinajstić information content (AvgIpc) is 2.16. The number of carboxylic acid groups (broad SMARTS) is 1. The number of hydrogen-bond acceptors (Lipinski definition) is 3. The molecule has 88 valence electrons. The molecule has 0 aliphatic carbocycles. The Morgan fingerprint density at radius 3 is 2.88 bits per heavy atom. The van der Waals surface area contributed by atoms with Crippen LogP contribution in [0.1, 0.15) is 13.3 Å². The van der Waals surface area contributed by atoms with Crippen molar-refractivity contribution < 1.29 is 14.6 Å². The predicted molar refractivity (Wildman–Crippen MR) is 65.6 cm³/mol. The van der Waals surface area contributed by atoms with E-state index in [1.54, 1.807) is 25.3 Å². The lowest BCUT2D eigenvalue weighted by molar-refractivity contribution is -0.136. The molecule has 16 heavy (non-hydrogen) atoms. The summed E-state index contributed by atoms with van der Waals surface area (Å²) in [5.41, 5.74) is 0. The maximum absolute atomic E-state index is 10.6. The predicted octanol–water partition coefficient (Wildman–Crippen LogP) is 3.30. The fourth-order valence-corrected chi connectivity index (χ4v) is 2.61. The molecule has 0 radical (unpaired) electrons. The second-order valence-electron chi connectivity index (χ2n) is 3.32. The van der Waals surface area contributed by atoms with Gasteiger partial charge in [-0.3, -0.25) is 4.79 Å². The number of rotatable bonds is 5. The molecule has 1 N–H and O–H groups in total. The van der Waals surface area contributed by atoms with Crippen molar-refractivity contribution in [2.24, 2.45) is 0 Å². The lowest BCUT2D eigenvalue weighted by Gasteiger charge is -2.12. The van der Waals surface area contributed by atoms with Crippen molar-refractivity contribution in [3.05, 3.63) is 23.2 Å². The molecule has 0 aromatic heterocycles. The molecule has 0 fully saturated rings. The van der Waals surface area contributed by atoms with Gasteiger partial charge in [0, 0.05) is 10.3 Å². The monoisotopic (exact) mass is 260 g/mol. The molecule has 0 aliphatic heterocycles. The highest BCUT2D eigenvalue weighted by Gasteiger charge is 2.12. The zero-order valence-corrected chi connectivity index (χ0v) is 10.6. The van der Waals surface area contributed by atoms with Crippen LogP contribution < -0.4 is 4.74 Å². The topological polar surface area (TPSA) is 46.5 Å². The summed E-state index contributed by atoms with van der Waals surface area (Å²) in [4.78, 5) is 11.4. The largest absolute Gasteiger partial charge is 0.496 e. The third-order valence-electron chi connectivity index (χ3n) is 1.92. The maximum Gasteiger partial charge on any atom is 0.304 e. The van der Waals surface area contributed by atoms with Gasteiger partial charge in [-0.2, -0.15) is 0 Å². The quantitative estimate of drug-likeness (QED) is 0.825.